The zero-order valence-electron chi connectivity index (χ0n) is 23.2. The van der Waals surface area contributed by atoms with Crippen LogP contribution in [0.1, 0.15) is 25.0 Å². The summed E-state index contributed by atoms with van der Waals surface area (Å²) in [7, 11) is 0. The van der Waals surface area contributed by atoms with Gasteiger partial charge in [-0.05, 0) is 51.2 Å². The van der Waals surface area contributed by atoms with Gasteiger partial charge in [0.2, 0.25) is 0 Å². The van der Waals surface area contributed by atoms with E-state index in [1.165, 1.54) is 43.8 Å². The van der Waals surface area contributed by atoms with E-state index in [0.717, 1.165) is 22.4 Å². The minimum Gasteiger partial charge on any atom is -0.292 e. The lowest BCUT2D eigenvalue weighted by molar-refractivity contribution is 0.661. The second-order valence-corrected chi connectivity index (χ2v) is 11.6. The highest BCUT2D eigenvalue weighted by Gasteiger charge is 2.38. The lowest BCUT2D eigenvalue weighted by Crippen LogP contribution is -2.17. The number of rotatable bonds is 2. The van der Waals surface area contributed by atoms with Gasteiger partial charge in [0.25, 0.3) is 0 Å². The molecule has 1 aliphatic rings. The molecule has 5 heteroatoms. The van der Waals surface area contributed by atoms with Gasteiger partial charge in [0, 0.05) is 34.1 Å². The number of fused-ring (bicyclic) bond motifs is 8. The molecule has 0 spiro atoms. The van der Waals surface area contributed by atoms with Gasteiger partial charge in [0.15, 0.2) is 22.8 Å². The standard InChI is InChI=1S/C37H25N5/c1-37(2)29-16-7-5-12-24(29)26-14-9-15-27(32(26)37)34-40-35-33(38-18-19-39-35)36(41-34)42-30-17-8-6-13-25(30)28-20-22-10-3-4-11-23(22)21-31(28)42/h3-21H,1-2H3. The molecule has 0 unspecified atom stereocenters. The van der Waals surface area contributed by atoms with E-state index in [0.29, 0.717) is 17.0 Å². The maximum atomic E-state index is 5.35. The molecule has 0 fully saturated rings. The summed E-state index contributed by atoms with van der Waals surface area (Å²) in [6, 6.07) is 36.7. The maximum absolute atomic E-state index is 5.35. The van der Waals surface area contributed by atoms with Crippen LogP contribution in [0.25, 0.3) is 72.1 Å². The summed E-state index contributed by atoms with van der Waals surface area (Å²) in [5.74, 6) is 1.39. The Morgan fingerprint density at radius 2 is 1.31 bits per heavy atom. The number of nitrogens with zero attached hydrogens (tertiary/aromatic N) is 5. The van der Waals surface area contributed by atoms with Crippen molar-refractivity contribution in [1.82, 2.24) is 24.5 Å². The van der Waals surface area contributed by atoms with Crippen LogP contribution < -0.4 is 0 Å². The van der Waals surface area contributed by atoms with Gasteiger partial charge in [-0.3, -0.25) is 4.57 Å². The van der Waals surface area contributed by atoms with Crippen molar-refractivity contribution in [2.75, 3.05) is 0 Å². The molecule has 0 amide bonds. The molecule has 0 saturated heterocycles. The summed E-state index contributed by atoms with van der Waals surface area (Å²) >= 11 is 0. The highest BCUT2D eigenvalue weighted by atomic mass is 15.1. The Labute approximate surface area is 242 Å². The van der Waals surface area contributed by atoms with Gasteiger partial charge in [-0.25, -0.2) is 19.9 Å². The zero-order chi connectivity index (χ0) is 28.0. The summed E-state index contributed by atoms with van der Waals surface area (Å²) in [6.45, 7) is 4.59. The number of hydrogen-bond donors (Lipinski definition) is 0. The van der Waals surface area contributed by atoms with Crippen molar-refractivity contribution in [3.05, 3.63) is 127 Å². The molecule has 3 aromatic heterocycles. The van der Waals surface area contributed by atoms with Gasteiger partial charge in [0.1, 0.15) is 0 Å². The molecule has 0 saturated carbocycles. The summed E-state index contributed by atoms with van der Waals surface area (Å²) in [5, 5.41) is 4.74. The fourth-order valence-corrected chi connectivity index (χ4v) is 7.04. The van der Waals surface area contributed by atoms with Crippen molar-refractivity contribution < 1.29 is 0 Å². The van der Waals surface area contributed by atoms with Gasteiger partial charge in [-0.2, -0.15) is 0 Å². The number of para-hydroxylation sites is 1. The van der Waals surface area contributed by atoms with E-state index < -0.39 is 0 Å². The van der Waals surface area contributed by atoms with E-state index in [4.69, 9.17) is 19.9 Å². The number of hydrogen-bond acceptors (Lipinski definition) is 4. The van der Waals surface area contributed by atoms with Crippen molar-refractivity contribution in [2.24, 2.45) is 0 Å². The summed E-state index contributed by atoms with van der Waals surface area (Å²) in [4.78, 5) is 19.8. The minimum absolute atomic E-state index is 0.199. The van der Waals surface area contributed by atoms with Gasteiger partial charge in [0.05, 0.1) is 11.0 Å². The molecule has 9 rings (SSSR count). The number of aromatic nitrogens is 5. The molecule has 0 aliphatic heterocycles. The first-order chi connectivity index (χ1) is 20.6. The second kappa shape index (κ2) is 8.30. The maximum Gasteiger partial charge on any atom is 0.184 e. The van der Waals surface area contributed by atoms with Crippen LogP contribution in [-0.4, -0.2) is 24.5 Å². The van der Waals surface area contributed by atoms with Crippen molar-refractivity contribution in [3.8, 4) is 28.3 Å². The minimum atomic E-state index is -0.199. The fourth-order valence-electron chi connectivity index (χ4n) is 7.04. The van der Waals surface area contributed by atoms with Gasteiger partial charge in [-0.1, -0.05) is 98.8 Å². The van der Waals surface area contributed by atoms with E-state index in [9.17, 15) is 0 Å². The van der Waals surface area contributed by atoms with Crippen LogP contribution in [0.5, 0.6) is 0 Å². The molecule has 198 valence electrons. The first-order valence-electron chi connectivity index (χ1n) is 14.2. The van der Waals surface area contributed by atoms with Crippen LogP contribution in [0.4, 0.5) is 0 Å². The average Bonchev–Trinajstić information content (AvgIpc) is 3.47. The van der Waals surface area contributed by atoms with Crippen LogP contribution in [0.2, 0.25) is 0 Å². The van der Waals surface area contributed by atoms with Crippen molar-refractivity contribution >= 4 is 43.7 Å². The predicted octanol–water partition coefficient (Wildman–Crippen LogP) is 8.64. The Hall–Kier alpha value is -5.42. The number of benzene rings is 5. The topological polar surface area (TPSA) is 56.5 Å². The van der Waals surface area contributed by atoms with Gasteiger partial charge in [-0.15, -0.1) is 0 Å². The van der Waals surface area contributed by atoms with Crippen molar-refractivity contribution in [2.45, 2.75) is 19.3 Å². The van der Waals surface area contributed by atoms with Crippen molar-refractivity contribution in [3.63, 3.8) is 0 Å². The van der Waals surface area contributed by atoms with E-state index >= 15 is 0 Å². The molecule has 3 heterocycles. The van der Waals surface area contributed by atoms with E-state index in [1.54, 1.807) is 12.4 Å². The molecule has 0 N–H and O–H groups in total. The highest BCUT2D eigenvalue weighted by molar-refractivity contribution is 6.14. The third kappa shape index (κ3) is 3.08. The fraction of sp³-hybridized carbons (Fsp3) is 0.0811. The Morgan fingerprint density at radius 1 is 0.595 bits per heavy atom. The molecule has 8 aromatic rings. The predicted molar refractivity (Wildman–Crippen MR) is 170 cm³/mol. The lowest BCUT2D eigenvalue weighted by Gasteiger charge is -2.24. The first kappa shape index (κ1) is 23.3. The molecule has 0 atom stereocenters. The summed E-state index contributed by atoms with van der Waals surface area (Å²) in [6.07, 6.45) is 3.43. The Morgan fingerprint density at radius 3 is 2.21 bits per heavy atom. The SMILES string of the molecule is CC1(C)c2ccccc2-c2cccc(-c3nc(-n4c5ccccc5c5cc6ccccc6cc54)c4nccnc4n3)c21. The Bertz CT molecular complexity index is 2400. The van der Waals surface area contributed by atoms with Crippen LogP contribution in [0.3, 0.4) is 0 Å². The summed E-state index contributed by atoms with van der Waals surface area (Å²) < 4.78 is 2.24. The molecule has 5 aromatic carbocycles. The first-order valence-corrected chi connectivity index (χ1v) is 14.2. The molecule has 1 aliphatic carbocycles. The third-order valence-electron chi connectivity index (χ3n) is 8.89. The molecular weight excluding hydrogens is 514 g/mol. The monoisotopic (exact) mass is 539 g/mol. The third-order valence-corrected chi connectivity index (χ3v) is 8.89. The largest absolute Gasteiger partial charge is 0.292 e. The molecule has 0 bridgehead atoms. The van der Waals surface area contributed by atoms with Crippen LogP contribution >= 0.6 is 0 Å². The Kier molecular flexibility index (Phi) is 4.61. The van der Waals surface area contributed by atoms with Crippen LogP contribution in [0.15, 0.2) is 116 Å². The van der Waals surface area contributed by atoms with E-state index in [-0.39, 0.29) is 5.41 Å². The highest BCUT2D eigenvalue weighted by Crippen LogP contribution is 2.51. The van der Waals surface area contributed by atoms with E-state index in [1.807, 2.05) is 0 Å². The molecule has 5 nitrogen and oxygen atoms in total. The van der Waals surface area contributed by atoms with Crippen LogP contribution in [0, 0.1) is 0 Å². The molecule has 0 radical (unpaired) electrons. The van der Waals surface area contributed by atoms with Crippen LogP contribution in [-0.2, 0) is 5.41 Å². The normalized spacial score (nSPS) is 13.7. The molecular formula is C37H25N5. The molecule has 42 heavy (non-hydrogen) atoms. The summed E-state index contributed by atoms with van der Waals surface area (Å²) in [5.41, 5.74) is 9.31. The van der Waals surface area contributed by atoms with Gasteiger partial charge < -0.3 is 0 Å². The zero-order valence-corrected chi connectivity index (χ0v) is 23.2. The average molecular weight is 540 g/mol. The van der Waals surface area contributed by atoms with E-state index in [2.05, 4.69) is 122 Å². The lowest BCUT2D eigenvalue weighted by atomic mass is 9.80. The quantitative estimate of drug-likeness (QED) is 0.221. The second-order valence-electron chi connectivity index (χ2n) is 11.6. The van der Waals surface area contributed by atoms with Gasteiger partial charge >= 0.3 is 0 Å². The smallest absolute Gasteiger partial charge is 0.184 e. The van der Waals surface area contributed by atoms with Crippen molar-refractivity contribution in [1.29, 1.82) is 0 Å². The Balaban J connectivity index is 1.39.